The first kappa shape index (κ1) is 18.3. The molecule has 0 unspecified atom stereocenters. The van der Waals surface area contributed by atoms with Gasteiger partial charge in [0, 0.05) is 11.3 Å². The second-order valence-corrected chi connectivity index (χ2v) is 6.90. The van der Waals surface area contributed by atoms with Gasteiger partial charge in [0.1, 0.15) is 17.5 Å². The summed E-state index contributed by atoms with van der Waals surface area (Å²) in [5, 5.41) is 0. The summed E-state index contributed by atoms with van der Waals surface area (Å²) in [5.74, 6) is 1.64. The van der Waals surface area contributed by atoms with Gasteiger partial charge in [-0.25, -0.2) is 4.79 Å². The van der Waals surface area contributed by atoms with Crippen LogP contribution >= 0.6 is 11.8 Å². The van der Waals surface area contributed by atoms with Crippen molar-refractivity contribution in [3.05, 3.63) is 60.2 Å². The van der Waals surface area contributed by atoms with Crippen LogP contribution in [0.15, 0.2) is 54.6 Å². The molecule has 2 aromatic rings. The molecule has 136 valence electrons. The molecule has 1 amide bonds. The van der Waals surface area contributed by atoms with Crippen molar-refractivity contribution in [2.24, 2.45) is 0 Å². The molecule has 0 N–H and O–H groups in total. The number of thioether (sulfide) groups is 1. The van der Waals surface area contributed by atoms with Gasteiger partial charge in [0.15, 0.2) is 0 Å². The Morgan fingerprint density at radius 3 is 2.46 bits per heavy atom. The highest BCUT2D eigenvalue weighted by molar-refractivity contribution is 7.99. The third-order valence-corrected chi connectivity index (χ3v) is 4.96. The number of carbonyl (C=O) groups is 2. The molecular formula is C20H21NO4S. The zero-order valence-electron chi connectivity index (χ0n) is 14.6. The van der Waals surface area contributed by atoms with Gasteiger partial charge in [-0.2, -0.15) is 0 Å². The molecule has 2 aromatic carbocycles. The van der Waals surface area contributed by atoms with E-state index in [4.69, 9.17) is 9.47 Å². The number of ether oxygens (including phenoxy) is 2. The largest absolute Gasteiger partial charge is 0.494 e. The highest BCUT2D eigenvalue weighted by Gasteiger charge is 2.36. The van der Waals surface area contributed by atoms with E-state index >= 15 is 0 Å². The van der Waals surface area contributed by atoms with E-state index in [0.717, 1.165) is 12.2 Å². The Bertz CT molecular complexity index is 748. The van der Waals surface area contributed by atoms with Crippen LogP contribution in [0, 0.1) is 0 Å². The number of hydrogen-bond acceptors (Lipinski definition) is 5. The predicted molar refractivity (Wildman–Crippen MR) is 102 cm³/mol. The van der Waals surface area contributed by atoms with E-state index in [1.54, 1.807) is 53.1 Å². The molecule has 3 rings (SSSR count). The van der Waals surface area contributed by atoms with Gasteiger partial charge in [-0.3, -0.25) is 4.79 Å². The third-order valence-electron chi connectivity index (χ3n) is 3.95. The average molecular weight is 371 g/mol. The predicted octanol–water partition coefficient (Wildman–Crippen LogP) is 3.60. The minimum Gasteiger partial charge on any atom is -0.494 e. The van der Waals surface area contributed by atoms with Gasteiger partial charge in [-0.05, 0) is 42.8 Å². The summed E-state index contributed by atoms with van der Waals surface area (Å²) >= 11 is 1.55. The zero-order valence-corrected chi connectivity index (χ0v) is 15.4. The summed E-state index contributed by atoms with van der Waals surface area (Å²) in [7, 11) is 0. The number of nitrogens with zero attached hydrogens (tertiary/aromatic N) is 1. The SMILES string of the molecule is CCCOc1ccc(OC(=O)[C@@H]2CSCN2C(=O)c2ccccc2)cc1. The van der Waals surface area contributed by atoms with Crippen LogP contribution in [-0.4, -0.2) is 41.1 Å². The fourth-order valence-electron chi connectivity index (χ4n) is 2.59. The molecule has 1 heterocycles. The van der Waals surface area contributed by atoms with Crippen molar-refractivity contribution in [2.45, 2.75) is 19.4 Å². The minimum atomic E-state index is -0.580. The van der Waals surface area contributed by atoms with Crippen LogP contribution in [0.1, 0.15) is 23.7 Å². The fourth-order valence-corrected chi connectivity index (χ4v) is 3.73. The van der Waals surface area contributed by atoms with E-state index in [0.29, 0.717) is 29.5 Å². The van der Waals surface area contributed by atoms with Crippen LogP contribution in [0.2, 0.25) is 0 Å². The Balaban J connectivity index is 1.64. The smallest absolute Gasteiger partial charge is 0.335 e. The van der Waals surface area contributed by atoms with Crippen LogP contribution in [0.5, 0.6) is 11.5 Å². The van der Waals surface area contributed by atoms with E-state index in [-0.39, 0.29) is 5.91 Å². The number of hydrogen-bond donors (Lipinski definition) is 0. The second-order valence-electron chi connectivity index (χ2n) is 5.90. The maximum atomic E-state index is 12.6. The highest BCUT2D eigenvalue weighted by atomic mass is 32.2. The first-order chi connectivity index (χ1) is 12.7. The number of esters is 1. The first-order valence-electron chi connectivity index (χ1n) is 8.57. The molecule has 1 saturated heterocycles. The summed E-state index contributed by atoms with van der Waals surface area (Å²) in [6.07, 6.45) is 0.932. The molecule has 0 bridgehead atoms. The van der Waals surface area contributed by atoms with Crippen molar-refractivity contribution in [3.63, 3.8) is 0 Å². The molecular weight excluding hydrogens is 350 g/mol. The van der Waals surface area contributed by atoms with Gasteiger partial charge < -0.3 is 14.4 Å². The van der Waals surface area contributed by atoms with Crippen molar-refractivity contribution in [3.8, 4) is 11.5 Å². The Morgan fingerprint density at radius 2 is 1.77 bits per heavy atom. The van der Waals surface area contributed by atoms with Gasteiger partial charge >= 0.3 is 5.97 Å². The van der Waals surface area contributed by atoms with Crippen molar-refractivity contribution in [2.75, 3.05) is 18.2 Å². The average Bonchev–Trinajstić information content (AvgIpc) is 3.17. The molecule has 0 radical (unpaired) electrons. The van der Waals surface area contributed by atoms with Gasteiger partial charge in [0.05, 0.1) is 12.5 Å². The van der Waals surface area contributed by atoms with E-state index in [1.165, 1.54) is 0 Å². The van der Waals surface area contributed by atoms with Crippen molar-refractivity contribution in [1.82, 2.24) is 4.90 Å². The summed E-state index contributed by atoms with van der Waals surface area (Å²) in [5.41, 5.74) is 0.574. The van der Waals surface area contributed by atoms with Crippen LogP contribution in [0.4, 0.5) is 0 Å². The van der Waals surface area contributed by atoms with Crippen LogP contribution < -0.4 is 9.47 Å². The lowest BCUT2D eigenvalue weighted by Crippen LogP contribution is -2.43. The molecule has 0 saturated carbocycles. The fraction of sp³-hybridized carbons (Fsp3) is 0.300. The first-order valence-corrected chi connectivity index (χ1v) is 9.73. The number of rotatable bonds is 6. The second kappa shape index (κ2) is 8.76. The summed E-state index contributed by atoms with van der Waals surface area (Å²) in [4.78, 5) is 26.8. The van der Waals surface area contributed by atoms with Gasteiger partial charge in [-0.1, -0.05) is 25.1 Å². The van der Waals surface area contributed by atoms with Gasteiger partial charge in [0.25, 0.3) is 5.91 Å². The zero-order chi connectivity index (χ0) is 18.4. The van der Waals surface area contributed by atoms with E-state index in [1.807, 2.05) is 25.1 Å². The van der Waals surface area contributed by atoms with Crippen molar-refractivity contribution in [1.29, 1.82) is 0 Å². The number of amides is 1. The van der Waals surface area contributed by atoms with Crippen LogP contribution in [-0.2, 0) is 4.79 Å². The minimum absolute atomic E-state index is 0.152. The maximum Gasteiger partial charge on any atom is 0.335 e. The molecule has 5 nitrogen and oxygen atoms in total. The lowest BCUT2D eigenvalue weighted by Gasteiger charge is -2.22. The van der Waals surface area contributed by atoms with Crippen molar-refractivity contribution >= 4 is 23.6 Å². The van der Waals surface area contributed by atoms with Crippen LogP contribution in [0.25, 0.3) is 0 Å². The summed E-state index contributed by atoms with van der Waals surface area (Å²) in [6.45, 7) is 2.69. The molecule has 6 heteroatoms. The number of benzene rings is 2. The van der Waals surface area contributed by atoms with Gasteiger partial charge in [0.2, 0.25) is 0 Å². The maximum absolute atomic E-state index is 12.6. The van der Waals surface area contributed by atoms with E-state index in [2.05, 4.69) is 0 Å². The third kappa shape index (κ3) is 4.38. The molecule has 0 spiro atoms. The topological polar surface area (TPSA) is 55.8 Å². The van der Waals surface area contributed by atoms with Gasteiger partial charge in [-0.15, -0.1) is 11.8 Å². The highest BCUT2D eigenvalue weighted by Crippen LogP contribution is 2.25. The monoisotopic (exact) mass is 371 g/mol. The van der Waals surface area contributed by atoms with E-state index in [9.17, 15) is 9.59 Å². The summed E-state index contributed by atoms with van der Waals surface area (Å²) in [6, 6.07) is 15.4. The molecule has 26 heavy (non-hydrogen) atoms. The Kier molecular flexibility index (Phi) is 6.17. The molecule has 0 aromatic heterocycles. The molecule has 1 fully saturated rings. The molecule has 1 aliphatic heterocycles. The quantitative estimate of drug-likeness (QED) is 0.574. The Labute approximate surface area is 157 Å². The lowest BCUT2D eigenvalue weighted by atomic mass is 10.2. The van der Waals surface area contributed by atoms with Crippen molar-refractivity contribution < 1.29 is 19.1 Å². The lowest BCUT2D eigenvalue weighted by molar-refractivity contribution is -0.138. The normalized spacial score (nSPS) is 16.3. The Morgan fingerprint density at radius 1 is 1.08 bits per heavy atom. The molecule has 1 atom stereocenters. The summed E-state index contributed by atoms with van der Waals surface area (Å²) < 4.78 is 11.0. The standard InChI is InChI=1S/C20H21NO4S/c1-2-12-24-16-8-10-17(11-9-16)25-20(23)18-13-26-14-21(18)19(22)15-6-4-3-5-7-15/h3-11,18H,2,12-14H2,1H3/t18-/m0/s1. The number of carbonyl (C=O) groups excluding carboxylic acids is 2. The Hall–Kier alpha value is -2.47. The van der Waals surface area contributed by atoms with E-state index < -0.39 is 12.0 Å². The molecule has 1 aliphatic rings. The van der Waals surface area contributed by atoms with Crippen LogP contribution in [0.3, 0.4) is 0 Å². The molecule has 0 aliphatic carbocycles.